The zero-order valence-corrected chi connectivity index (χ0v) is 16.8. The van der Waals surface area contributed by atoms with Crippen LogP contribution in [0.1, 0.15) is 21.9 Å². The number of thioether (sulfide) groups is 1. The molecular weight excluding hydrogens is 406 g/mol. The predicted molar refractivity (Wildman–Crippen MR) is 109 cm³/mol. The van der Waals surface area contributed by atoms with Crippen LogP contribution in [-0.4, -0.2) is 38.8 Å². The van der Waals surface area contributed by atoms with Crippen LogP contribution in [0.5, 0.6) is 5.75 Å². The van der Waals surface area contributed by atoms with Gasteiger partial charge in [-0.1, -0.05) is 30.0 Å². The lowest BCUT2D eigenvalue weighted by Crippen LogP contribution is -2.25. The van der Waals surface area contributed by atoms with Gasteiger partial charge in [0.2, 0.25) is 17.6 Å². The average Bonchev–Trinajstić information content (AvgIpc) is 3.29. The van der Waals surface area contributed by atoms with Gasteiger partial charge < -0.3 is 9.15 Å². The standard InChI is InChI=1S/C21H17N3O5S/c1-12-18(23-20(29-12)13-5-3-2-4-6-13)16(25)11-28-15-8-7-14(22-10-15)9-17-19(26)24-21(27)30-17/h2-8,10,17H,9,11H2,1H3,(H,24,26,27). The third-order valence-electron chi connectivity index (χ3n) is 4.41. The van der Waals surface area contributed by atoms with E-state index in [4.69, 9.17) is 9.15 Å². The zero-order chi connectivity index (χ0) is 21.1. The number of hydrogen-bond acceptors (Lipinski definition) is 8. The van der Waals surface area contributed by atoms with Crippen molar-refractivity contribution in [1.29, 1.82) is 0 Å². The highest BCUT2D eigenvalue weighted by Crippen LogP contribution is 2.24. The summed E-state index contributed by atoms with van der Waals surface area (Å²) in [5.41, 5.74) is 1.67. The summed E-state index contributed by atoms with van der Waals surface area (Å²) >= 11 is 0.955. The first-order valence-electron chi connectivity index (χ1n) is 9.15. The van der Waals surface area contributed by atoms with Gasteiger partial charge in [-0.2, -0.15) is 0 Å². The maximum Gasteiger partial charge on any atom is 0.286 e. The van der Waals surface area contributed by atoms with E-state index in [1.165, 1.54) is 6.20 Å². The molecule has 1 fully saturated rings. The van der Waals surface area contributed by atoms with E-state index in [0.29, 0.717) is 29.5 Å². The van der Waals surface area contributed by atoms with E-state index >= 15 is 0 Å². The molecule has 30 heavy (non-hydrogen) atoms. The minimum absolute atomic E-state index is 0.210. The van der Waals surface area contributed by atoms with Gasteiger partial charge in [-0.05, 0) is 31.2 Å². The molecule has 2 aromatic heterocycles. The van der Waals surface area contributed by atoms with Crippen LogP contribution in [0.25, 0.3) is 11.5 Å². The first-order chi connectivity index (χ1) is 14.5. The molecule has 2 amide bonds. The molecule has 0 aliphatic carbocycles. The summed E-state index contributed by atoms with van der Waals surface area (Å²) in [5.74, 6) is 0.611. The topological polar surface area (TPSA) is 111 Å². The van der Waals surface area contributed by atoms with Crippen molar-refractivity contribution in [2.24, 2.45) is 0 Å². The molecule has 8 nitrogen and oxygen atoms in total. The van der Waals surface area contributed by atoms with E-state index in [1.54, 1.807) is 19.1 Å². The predicted octanol–water partition coefficient (Wildman–Crippen LogP) is 3.20. The molecule has 1 saturated heterocycles. The molecule has 1 aliphatic rings. The second-order valence-electron chi connectivity index (χ2n) is 6.57. The lowest BCUT2D eigenvalue weighted by atomic mass is 10.2. The number of oxazole rings is 1. The number of nitrogens with zero attached hydrogens (tertiary/aromatic N) is 2. The summed E-state index contributed by atoms with van der Waals surface area (Å²) in [6, 6.07) is 12.7. The molecule has 9 heteroatoms. The Kier molecular flexibility index (Phi) is 5.62. The minimum atomic E-state index is -0.479. The van der Waals surface area contributed by atoms with Crippen molar-refractivity contribution in [3.8, 4) is 17.2 Å². The summed E-state index contributed by atoms with van der Waals surface area (Å²) < 4.78 is 11.1. The van der Waals surface area contributed by atoms with Crippen LogP contribution in [0.15, 0.2) is 53.1 Å². The molecule has 0 bridgehead atoms. The SMILES string of the molecule is Cc1oc(-c2ccccc2)nc1C(=O)COc1ccc(CC2SC(=O)NC2=O)nc1. The van der Waals surface area contributed by atoms with Gasteiger partial charge in [-0.15, -0.1) is 0 Å². The molecule has 0 radical (unpaired) electrons. The molecule has 1 N–H and O–H groups in total. The first-order valence-corrected chi connectivity index (χ1v) is 10.0. The fraction of sp³-hybridized carbons (Fsp3) is 0.190. The first kappa shape index (κ1) is 19.8. The number of pyridine rings is 1. The summed E-state index contributed by atoms with van der Waals surface area (Å²) in [5, 5.41) is 1.42. The Bertz CT molecular complexity index is 1100. The Morgan fingerprint density at radius 1 is 1.20 bits per heavy atom. The van der Waals surface area contributed by atoms with Crippen LogP contribution in [0.4, 0.5) is 4.79 Å². The normalized spacial score (nSPS) is 15.8. The molecule has 3 heterocycles. The maximum atomic E-state index is 12.5. The van der Waals surface area contributed by atoms with Gasteiger partial charge in [0, 0.05) is 17.7 Å². The van der Waals surface area contributed by atoms with Crippen LogP contribution >= 0.6 is 11.8 Å². The highest BCUT2D eigenvalue weighted by molar-refractivity contribution is 8.15. The number of hydrogen-bond donors (Lipinski definition) is 1. The Hall–Kier alpha value is -3.46. The van der Waals surface area contributed by atoms with Crippen molar-refractivity contribution in [3.63, 3.8) is 0 Å². The smallest absolute Gasteiger partial charge is 0.286 e. The van der Waals surface area contributed by atoms with E-state index in [-0.39, 0.29) is 29.2 Å². The van der Waals surface area contributed by atoms with Crippen LogP contribution in [-0.2, 0) is 11.2 Å². The van der Waals surface area contributed by atoms with E-state index < -0.39 is 5.25 Å². The molecule has 0 saturated carbocycles. The summed E-state index contributed by atoms with van der Waals surface area (Å²) in [6.45, 7) is 1.48. The average molecular weight is 423 g/mol. The summed E-state index contributed by atoms with van der Waals surface area (Å²) in [7, 11) is 0. The number of amides is 2. The Morgan fingerprint density at radius 2 is 2.00 bits per heavy atom. The van der Waals surface area contributed by atoms with Crippen molar-refractivity contribution in [2.75, 3.05) is 6.61 Å². The number of imide groups is 1. The van der Waals surface area contributed by atoms with Crippen LogP contribution in [0.3, 0.4) is 0 Å². The van der Waals surface area contributed by atoms with Crippen LogP contribution in [0.2, 0.25) is 0 Å². The third kappa shape index (κ3) is 4.41. The second-order valence-corrected chi connectivity index (χ2v) is 7.75. The number of nitrogens with one attached hydrogen (secondary N) is 1. The zero-order valence-electron chi connectivity index (χ0n) is 16.0. The Balaban J connectivity index is 1.36. The summed E-state index contributed by atoms with van der Waals surface area (Å²) in [4.78, 5) is 43.9. The summed E-state index contributed by atoms with van der Waals surface area (Å²) in [6.07, 6.45) is 1.81. The fourth-order valence-corrected chi connectivity index (χ4v) is 3.75. The third-order valence-corrected chi connectivity index (χ3v) is 5.39. The Morgan fingerprint density at radius 3 is 2.67 bits per heavy atom. The van der Waals surface area contributed by atoms with Gasteiger partial charge >= 0.3 is 0 Å². The number of aromatic nitrogens is 2. The van der Waals surface area contributed by atoms with Crippen molar-refractivity contribution < 1.29 is 23.5 Å². The van der Waals surface area contributed by atoms with Gasteiger partial charge in [0.05, 0.1) is 11.4 Å². The van der Waals surface area contributed by atoms with Gasteiger partial charge in [-0.25, -0.2) is 4.98 Å². The van der Waals surface area contributed by atoms with Crippen molar-refractivity contribution >= 4 is 28.7 Å². The van der Waals surface area contributed by atoms with Gasteiger partial charge in [0.25, 0.3) is 5.24 Å². The van der Waals surface area contributed by atoms with Gasteiger partial charge in [-0.3, -0.25) is 24.7 Å². The molecule has 152 valence electrons. The van der Waals surface area contributed by atoms with E-state index in [0.717, 1.165) is 17.3 Å². The van der Waals surface area contributed by atoms with Crippen LogP contribution < -0.4 is 10.1 Å². The second kappa shape index (κ2) is 8.50. The molecule has 4 rings (SSSR count). The molecule has 3 aromatic rings. The van der Waals surface area contributed by atoms with E-state index in [1.807, 2.05) is 30.3 Å². The van der Waals surface area contributed by atoms with E-state index in [9.17, 15) is 14.4 Å². The number of rotatable bonds is 7. The number of ketones is 1. The number of carbonyl (C=O) groups excluding carboxylic acids is 3. The lowest BCUT2D eigenvalue weighted by molar-refractivity contribution is -0.118. The molecule has 0 spiro atoms. The van der Waals surface area contributed by atoms with Crippen molar-refractivity contribution in [3.05, 3.63) is 65.8 Å². The van der Waals surface area contributed by atoms with Gasteiger partial charge in [0.15, 0.2) is 12.3 Å². The molecule has 1 aliphatic heterocycles. The number of Topliss-reactive ketones (excluding diaryl/α,β-unsaturated/α-hetero) is 1. The lowest BCUT2D eigenvalue weighted by Gasteiger charge is -2.07. The Labute approximate surface area is 176 Å². The number of carbonyl (C=O) groups is 3. The van der Waals surface area contributed by atoms with Crippen LogP contribution in [0, 0.1) is 6.92 Å². The van der Waals surface area contributed by atoms with Crippen molar-refractivity contribution in [1.82, 2.24) is 15.3 Å². The molecule has 1 aromatic carbocycles. The number of aryl methyl sites for hydroxylation is 1. The van der Waals surface area contributed by atoms with Crippen molar-refractivity contribution in [2.45, 2.75) is 18.6 Å². The molecule has 1 atom stereocenters. The molecule has 1 unspecified atom stereocenters. The van der Waals surface area contributed by atoms with Gasteiger partial charge in [0.1, 0.15) is 11.5 Å². The molecular formula is C21H17N3O5S. The highest BCUT2D eigenvalue weighted by atomic mass is 32.2. The number of benzene rings is 1. The number of ether oxygens (including phenoxy) is 1. The maximum absolute atomic E-state index is 12.5. The fourth-order valence-electron chi connectivity index (χ4n) is 2.91. The minimum Gasteiger partial charge on any atom is -0.484 e. The highest BCUT2D eigenvalue weighted by Gasteiger charge is 2.31. The quantitative estimate of drug-likeness (QED) is 0.577. The largest absolute Gasteiger partial charge is 0.484 e. The monoisotopic (exact) mass is 423 g/mol. The van der Waals surface area contributed by atoms with E-state index in [2.05, 4.69) is 15.3 Å².